The number of ether oxygens (including phenoxy) is 1. The molecule has 1 unspecified atom stereocenters. The molecule has 0 radical (unpaired) electrons. The molecule has 0 spiro atoms. The second-order valence-electron chi connectivity index (χ2n) is 5.38. The molecule has 1 amide bonds. The van der Waals surface area contributed by atoms with Crippen molar-refractivity contribution >= 4 is 6.09 Å². The minimum absolute atomic E-state index is 0.0708. The van der Waals surface area contributed by atoms with E-state index < -0.39 is 5.60 Å². The van der Waals surface area contributed by atoms with Crippen LogP contribution >= 0.6 is 0 Å². The third-order valence-corrected chi connectivity index (χ3v) is 2.62. The molecule has 1 aromatic rings. The van der Waals surface area contributed by atoms with Gasteiger partial charge in [-0.3, -0.25) is 0 Å². The normalized spacial score (nSPS) is 13.2. The number of carbonyl (C=O) groups is 1. The molecule has 1 rings (SSSR count). The van der Waals surface area contributed by atoms with E-state index in [1.165, 1.54) is 0 Å². The van der Waals surface area contributed by atoms with Crippen molar-refractivity contribution in [3.05, 3.63) is 24.0 Å². The van der Waals surface area contributed by atoms with Gasteiger partial charge in [0.25, 0.3) is 0 Å². The maximum atomic E-state index is 11.9. The highest BCUT2D eigenvalue weighted by molar-refractivity contribution is 5.68. The van der Waals surface area contributed by atoms with E-state index in [9.17, 15) is 4.79 Å². The Morgan fingerprint density at radius 3 is 2.67 bits per heavy atom. The van der Waals surface area contributed by atoms with Gasteiger partial charge in [0.05, 0.1) is 6.04 Å². The number of aromatic nitrogens is 1. The average Bonchev–Trinajstić information content (AvgIpc) is 2.75. The third-order valence-electron chi connectivity index (χ3n) is 2.62. The molecule has 0 aromatic carbocycles. The first-order valence-corrected chi connectivity index (χ1v) is 6.11. The van der Waals surface area contributed by atoms with Gasteiger partial charge in [-0.2, -0.15) is 0 Å². The van der Waals surface area contributed by atoms with E-state index in [0.29, 0.717) is 13.0 Å². The quantitative estimate of drug-likeness (QED) is 0.858. The number of hydrogen-bond donors (Lipinski definition) is 2. The maximum absolute atomic E-state index is 11.9. The van der Waals surface area contributed by atoms with Crippen molar-refractivity contribution in [2.75, 3.05) is 13.6 Å². The number of carbonyl (C=O) groups excluding carboxylic acids is 1. The number of aromatic amines is 1. The smallest absolute Gasteiger partial charge is 0.410 e. The third kappa shape index (κ3) is 4.41. The molecule has 0 fully saturated rings. The number of rotatable bonds is 4. The van der Waals surface area contributed by atoms with E-state index in [1.807, 2.05) is 39.1 Å². The Kier molecular flexibility index (Phi) is 4.78. The van der Waals surface area contributed by atoms with Crippen molar-refractivity contribution < 1.29 is 9.53 Å². The lowest BCUT2D eigenvalue weighted by atomic mass is 10.1. The van der Waals surface area contributed by atoms with Crippen LogP contribution < -0.4 is 5.73 Å². The van der Waals surface area contributed by atoms with Crippen molar-refractivity contribution in [3.63, 3.8) is 0 Å². The first-order valence-electron chi connectivity index (χ1n) is 6.11. The van der Waals surface area contributed by atoms with Gasteiger partial charge in [-0.25, -0.2) is 4.79 Å². The van der Waals surface area contributed by atoms with Gasteiger partial charge in [-0.15, -0.1) is 0 Å². The molecule has 1 aromatic heterocycles. The molecule has 1 heterocycles. The van der Waals surface area contributed by atoms with Crippen molar-refractivity contribution in [3.8, 4) is 0 Å². The predicted molar refractivity (Wildman–Crippen MR) is 71.3 cm³/mol. The van der Waals surface area contributed by atoms with E-state index >= 15 is 0 Å². The molecule has 102 valence electrons. The van der Waals surface area contributed by atoms with Gasteiger partial charge in [0, 0.05) is 31.9 Å². The van der Waals surface area contributed by atoms with E-state index in [1.54, 1.807) is 11.9 Å². The molecular formula is C13H23N3O2. The van der Waals surface area contributed by atoms with Crippen LogP contribution in [0.3, 0.4) is 0 Å². The summed E-state index contributed by atoms with van der Waals surface area (Å²) < 4.78 is 5.32. The Morgan fingerprint density at radius 1 is 1.56 bits per heavy atom. The first kappa shape index (κ1) is 14.6. The maximum Gasteiger partial charge on any atom is 0.410 e. The van der Waals surface area contributed by atoms with Gasteiger partial charge < -0.3 is 20.4 Å². The van der Waals surface area contributed by atoms with Crippen LogP contribution in [0.4, 0.5) is 4.79 Å². The summed E-state index contributed by atoms with van der Waals surface area (Å²) in [7, 11) is 1.72. The summed E-state index contributed by atoms with van der Waals surface area (Å²) >= 11 is 0. The average molecular weight is 253 g/mol. The predicted octanol–water partition coefficient (Wildman–Crippen LogP) is 1.75. The number of nitrogens with two attached hydrogens (primary N) is 1. The fourth-order valence-corrected chi connectivity index (χ4v) is 1.61. The Balaban J connectivity index is 2.61. The molecule has 1 atom stereocenters. The van der Waals surface area contributed by atoms with Crippen LogP contribution in [0.5, 0.6) is 0 Å². The number of nitrogens with one attached hydrogen (secondary N) is 1. The van der Waals surface area contributed by atoms with Crippen molar-refractivity contribution in [1.29, 1.82) is 0 Å². The molecule has 0 aliphatic carbocycles. The molecule has 3 N–H and O–H groups in total. The summed E-state index contributed by atoms with van der Waals surface area (Å²) in [4.78, 5) is 16.6. The van der Waals surface area contributed by atoms with E-state index in [-0.39, 0.29) is 12.1 Å². The Morgan fingerprint density at radius 2 is 2.22 bits per heavy atom. The van der Waals surface area contributed by atoms with Crippen molar-refractivity contribution in [2.24, 2.45) is 5.73 Å². The van der Waals surface area contributed by atoms with Gasteiger partial charge in [0.1, 0.15) is 5.60 Å². The number of nitrogens with zero attached hydrogens (tertiary/aromatic N) is 1. The van der Waals surface area contributed by atoms with Gasteiger partial charge >= 0.3 is 6.09 Å². The van der Waals surface area contributed by atoms with Gasteiger partial charge in [0.15, 0.2) is 0 Å². The molecule has 0 saturated carbocycles. The molecular weight excluding hydrogens is 230 g/mol. The summed E-state index contributed by atoms with van der Waals surface area (Å²) in [6, 6.07) is 3.83. The number of likely N-dealkylation sites (N-methyl/N-ethyl adjacent to an activating group) is 1. The van der Waals surface area contributed by atoms with Crippen LogP contribution in [0, 0.1) is 0 Å². The van der Waals surface area contributed by atoms with E-state index in [2.05, 4.69) is 4.98 Å². The van der Waals surface area contributed by atoms with Gasteiger partial charge in [0.2, 0.25) is 0 Å². The van der Waals surface area contributed by atoms with E-state index in [4.69, 9.17) is 10.5 Å². The first-order chi connectivity index (χ1) is 8.33. The zero-order chi connectivity index (χ0) is 13.8. The van der Waals surface area contributed by atoms with Gasteiger partial charge in [-0.1, -0.05) is 0 Å². The highest BCUT2D eigenvalue weighted by Gasteiger charge is 2.24. The van der Waals surface area contributed by atoms with Crippen LogP contribution in [0.1, 0.15) is 26.5 Å². The molecule has 0 bridgehead atoms. The van der Waals surface area contributed by atoms with Crippen LogP contribution in [0.25, 0.3) is 0 Å². The molecule has 18 heavy (non-hydrogen) atoms. The van der Waals surface area contributed by atoms with Crippen LogP contribution in [-0.2, 0) is 11.2 Å². The molecule has 0 aliphatic heterocycles. The van der Waals surface area contributed by atoms with Crippen molar-refractivity contribution in [1.82, 2.24) is 9.88 Å². The summed E-state index contributed by atoms with van der Waals surface area (Å²) in [5.74, 6) is 0. The fourth-order valence-electron chi connectivity index (χ4n) is 1.61. The molecule has 0 aliphatic rings. The summed E-state index contributed by atoms with van der Waals surface area (Å²) in [6.45, 7) is 5.94. The molecule has 5 nitrogen and oxygen atoms in total. The molecule has 5 heteroatoms. The topological polar surface area (TPSA) is 71.3 Å². The van der Waals surface area contributed by atoms with Crippen molar-refractivity contribution in [2.45, 2.75) is 38.8 Å². The minimum Gasteiger partial charge on any atom is -0.444 e. The zero-order valence-electron chi connectivity index (χ0n) is 11.6. The lowest BCUT2D eigenvalue weighted by molar-refractivity contribution is 0.0227. The lowest BCUT2D eigenvalue weighted by Crippen LogP contribution is -2.45. The second-order valence-corrected chi connectivity index (χ2v) is 5.38. The number of amides is 1. The SMILES string of the molecule is CN(C(=O)OC(C)(C)C)C(CN)Cc1ccc[nH]1. The Hall–Kier alpha value is -1.49. The standard InChI is InChI=1S/C13H23N3O2/c1-13(2,3)18-12(17)16(4)11(9-14)8-10-6-5-7-15-10/h5-7,11,15H,8-9,14H2,1-4H3. The highest BCUT2D eigenvalue weighted by atomic mass is 16.6. The van der Waals surface area contributed by atoms with E-state index in [0.717, 1.165) is 5.69 Å². The Labute approximate surface area is 108 Å². The molecule has 0 saturated heterocycles. The zero-order valence-corrected chi connectivity index (χ0v) is 11.6. The number of hydrogen-bond acceptors (Lipinski definition) is 3. The minimum atomic E-state index is -0.489. The highest BCUT2D eigenvalue weighted by Crippen LogP contribution is 2.12. The summed E-state index contributed by atoms with van der Waals surface area (Å²) in [5.41, 5.74) is 6.30. The fraction of sp³-hybridized carbons (Fsp3) is 0.615. The monoisotopic (exact) mass is 253 g/mol. The largest absolute Gasteiger partial charge is 0.444 e. The van der Waals surface area contributed by atoms with Crippen LogP contribution in [-0.4, -0.2) is 41.2 Å². The van der Waals surface area contributed by atoms with Gasteiger partial charge in [-0.05, 0) is 32.9 Å². The van der Waals surface area contributed by atoms with Crippen LogP contribution in [0.15, 0.2) is 18.3 Å². The summed E-state index contributed by atoms with van der Waals surface area (Å²) in [6.07, 6.45) is 2.21. The Bertz CT molecular complexity index is 368. The lowest BCUT2D eigenvalue weighted by Gasteiger charge is -2.29. The second kappa shape index (κ2) is 5.91. The van der Waals surface area contributed by atoms with Crippen LogP contribution in [0.2, 0.25) is 0 Å². The number of H-pyrrole nitrogens is 1. The summed E-state index contributed by atoms with van der Waals surface area (Å²) in [5, 5.41) is 0.